The Balaban J connectivity index is 1.21. The summed E-state index contributed by atoms with van der Waals surface area (Å²) in [4.78, 5) is 33.4. The molecule has 1 aliphatic heterocycles. The van der Waals surface area contributed by atoms with E-state index >= 15 is 0 Å². The lowest BCUT2D eigenvalue weighted by atomic mass is 9.48. The molecule has 11 heteroatoms. The van der Waals surface area contributed by atoms with Crippen LogP contribution in [0.4, 0.5) is 19.0 Å². The second-order valence-electron chi connectivity index (χ2n) is 11.6. The van der Waals surface area contributed by atoms with Crippen LogP contribution in [-0.4, -0.2) is 64.6 Å². The molecule has 0 aromatic carbocycles. The molecule has 1 saturated heterocycles. The topological polar surface area (TPSA) is 85.8 Å². The van der Waals surface area contributed by atoms with Gasteiger partial charge in [-0.3, -0.25) is 14.5 Å². The number of hydrogen-bond acceptors (Lipinski definition) is 5. The Labute approximate surface area is 213 Å². The Hall–Kier alpha value is -2.07. The van der Waals surface area contributed by atoms with Crippen molar-refractivity contribution >= 4 is 29.3 Å². The number of aromatic nitrogens is 1. The summed E-state index contributed by atoms with van der Waals surface area (Å²) in [5.74, 6) is 0.413. The van der Waals surface area contributed by atoms with Crippen molar-refractivity contribution in [1.82, 2.24) is 15.2 Å². The van der Waals surface area contributed by atoms with Crippen molar-refractivity contribution in [3.8, 4) is 0 Å². The minimum Gasteiger partial charge on any atom is -0.481 e. The first-order valence-corrected chi connectivity index (χ1v) is 12.9. The quantitative estimate of drug-likeness (QED) is 0.600. The largest absolute Gasteiger partial charge is 0.481 e. The SMILES string of the molecule is CC(C)(C(=O)NC1C2CC3CC1CC(C(=O)O)(C3)C2)N1CCN(c2ncc(C(F)(F)F)cc2Cl)CC1. The molecule has 4 saturated carbocycles. The monoisotopic (exact) mass is 528 g/mol. The fraction of sp³-hybridized carbons (Fsp3) is 0.720. The number of anilines is 1. The number of carbonyl (C=O) groups excluding carboxylic acids is 1. The summed E-state index contributed by atoms with van der Waals surface area (Å²) >= 11 is 6.12. The zero-order valence-corrected chi connectivity index (χ0v) is 21.2. The Morgan fingerprint density at radius 1 is 1.11 bits per heavy atom. The van der Waals surface area contributed by atoms with Gasteiger partial charge in [-0.2, -0.15) is 13.2 Å². The predicted molar refractivity (Wildman–Crippen MR) is 128 cm³/mol. The highest BCUT2D eigenvalue weighted by atomic mass is 35.5. The normalized spacial score (nSPS) is 32.6. The summed E-state index contributed by atoms with van der Waals surface area (Å²) in [5, 5.41) is 13.1. The van der Waals surface area contributed by atoms with Crippen molar-refractivity contribution in [2.75, 3.05) is 31.1 Å². The zero-order chi connectivity index (χ0) is 26.0. The van der Waals surface area contributed by atoms with E-state index in [0.717, 1.165) is 31.5 Å². The second-order valence-corrected chi connectivity index (χ2v) is 12.0. The van der Waals surface area contributed by atoms with Crippen molar-refractivity contribution in [2.45, 2.75) is 63.7 Å². The van der Waals surface area contributed by atoms with Gasteiger partial charge in [0.2, 0.25) is 5.91 Å². The van der Waals surface area contributed by atoms with Gasteiger partial charge in [-0.05, 0) is 69.8 Å². The fourth-order valence-corrected chi connectivity index (χ4v) is 7.58. The van der Waals surface area contributed by atoms with Crippen molar-refractivity contribution in [3.63, 3.8) is 0 Å². The molecule has 2 N–H and O–H groups in total. The Morgan fingerprint density at radius 3 is 2.25 bits per heavy atom. The molecule has 1 amide bonds. The highest BCUT2D eigenvalue weighted by molar-refractivity contribution is 6.33. The minimum atomic E-state index is -4.50. The molecule has 2 heterocycles. The molecule has 1 aromatic rings. The average Bonchev–Trinajstić information content (AvgIpc) is 2.80. The van der Waals surface area contributed by atoms with Gasteiger partial charge in [-0.15, -0.1) is 0 Å². The number of rotatable bonds is 5. The van der Waals surface area contributed by atoms with Gasteiger partial charge in [0.1, 0.15) is 5.82 Å². The van der Waals surface area contributed by atoms with Crippen LogP contribution in [0.15, 0.2) is 12.3 Å². The number of halogens is 4. The smallest absolute Gasteiger partial charge is 0.417 e. The van der Waals surface area contributed by atoms with Crippen LogP contribution in [0.2, 0.25) is 5.02 Å². The van der Waals surface area contributed by atoms with Crippen molar-refractivity contribution in [3.05, 3.63) is 22.8 Å². The van der Waals surface area contributed by atoms with Crippen molar-refractivity contribution in [2.24, 2.45) is 23.2 Å². The van der Waals surface area contributed by atoms with E-state index in [1.165, 1.54) is 0 Å². The van der Waals surface area contributed by atoms with E-state index in [-0.39, 0.29) is 28.8 Å². The van der Waals surface area contributed by atoms with E-state index in [4.69, 9.17) is 11.6 Å². The van der Waals surface area contributed by atoms with Gasteiger partial charge >= 0.3 is 12.1 Å². The van der Waals surface area contributed by atoms with Crippen molar-refractivity contribution in [1.29, 1.82) is 0 Å². The molecule has 2 unspecified atom stereocenters. The fourth-order valence-electron chi connectivity index (χ4n) is 7.29. The van der Waals surface area contributed by atoms with Crippen LogP contribution in [0, 0.1) is 23.2 Å². The number of alkyl halides is 3. The van der Waals surface area contributed by atoms with Gasteiger partial charge in [0, 0.05) is 38.4 Å². The van der Waals surface area contributed by atoms with Crippen LogP contribution < -0.4 is 10.2 Å². The molecule has 7 nitrogen and oxygen atoms in total. The second kappa shape index (κ2) is 8.75. The minimum absolute atomic E-state index is 0.0113. The average molecular weight is 529 g/mol. The van der Waals surface area contributed by atoms with Crippen LogP contribution in [0.5, 0.6) is 0 Å². The van der Waals surface area contributed by atoms with Crippen LogP contribution in [-0.2, 0) is 15.8 Å². The Morgan fingerprint density at radius 2 is 1.72 bits per heavy atom. The van der Waals surface area contributed by atoms with Gasteiger partial charge in [0.15, 0.2) is 0 Å². The summed E-state index contributed by atoms with van der Waals surface area (Å²) in [6, 6.07) is 0.907. The molecular formula is C25H32ClF3N4O3. The molecule has 4 bridgehead atoms. The summed E-state index contributed by atoms with van der Waals surface area (Å²) in [5.41, 5.74) is -2.29. The molecule has 4 aliphatic carbocycles. The molecule has 198 valence electrons. The summed E-state index contributed by atoms with van der Waals surface area (Å²) in [6.07, 6.45) is 0.304. The van der Waals surface area contributed by atoms with E-state index in [1.807, 2.05) is 18.7 Å². The van der Waals surface area contributed by atoms with Crippen LogP contribution in [0.25, 0.3) is 0 Å². The highest BCUT2D eigenvalue weighted by Gasteiger charge is 2.59. The summed E-state index contributed by atoms with van der Waals surface area (Å²) in [6.45, 7) is 5.78. The van der Waals surface area contributed by atoms with Crippen LogP contribution in [0.1, 0.15) is 51.5 Å². The molecule has 2 atom stereocenters. The number of carboxylic acid groups (broad SMARTS) is 1. The molecule has 0 spiro atoms. The number of aliphatic carboxylic acids is 1. The summed E-state index contributed by atoms with van der Waals surface area (Å²) < 4.78 is 38.8. The first kappa shape index (κ1) is 25.6. The van der Waals surface area contributed by atoms with E-state index in [2.05, 4.69) is 15.2 Å². The maximum atomic E-state index is 13.5. The first-order chi connectivity index (χ1) is 16.8. The number of nitrogens with one attached hydrogen (secondary N) is 1. The third kappa shape index (κ3) is 4.34. The van der Waals surface area contributed by atoms with Gasteiger partial charge in [0.05, 0.1) is 21.5 Å². The van der Waals surface area contributed by atoms with Crippen molar-refractivity contribution < 1.29 is 27.9 Å². The van der Waals surface area contributed by atoms with Crippen LogP contribution >= 0.6 is 11.6 Å². The number of carboxylic acids is 1. The van der Waals surface area contributed by atoms with Crippen LogP contribution in [0.3, 0.4) is 0 Å². The number of piperazine rings is 1. The number of amides is 1. The maximum Gasteiger partial charge on any atom is 0.417 e. The van der Waals surface area contributed by atoms with E-state index < -0.39 is 28.7 Å². The van der Waals surface area contributed by atoms with Gasteiger partial charge in [0.25, 0.3) is 0 Å². The van der Waals surface area contributed by atoms with E-state index in [0.29, 0.717) is 50.8 Å². The van der Waals surface area contributed by atoms with Gasteiger partial charge < -0.3 is 15.3 Å². The number of nitrogens with zero attached hydrogens (tertiary/aromatic N) is 3. The highest BCUT2D eigenvalue weighted by Crippen LogP contribution is 2.60. The first-order valence-electron chi connectivity index (χ1n) is 12.6. The maximum absolute atomic E-state index is 13.5. The predicted octanol–water partition coefficient (Wildman–Crippen LogP) is 4.05. The number of hydrogen-bond donors (Lipinski definition) is 2. The molecular weight excluding hydrogens is 497 g/mol. The standard InChI is InChI=1S/C25H32ClF3N4O3/c1-23(2,21(34)31-19-15-7-14-8-16(19)12-24(10-14,11-15)22(35)36)33-5-3-32(4-6-33)20-18(26)9-17(13-30-20)25(27,28)29/h9,13-16,19H,3-8,10-12H2,1-2H3,(H,31,34)(H,35,36). The molecule has 5 fully saturated rings. The third-order valence-corrected chi connectivity index (χ3v) is 9.38. The summed E-state index contributed by atoms with van der Waals surface area (Å²) in [7, 11) is 0. The lowest BCUT2D eigenvalue weighted by Gasteiger charge is -2.58. The molecule has 5 aliphatic rings. The Kier molecular flexibility index (Phi) is 6.22. The van der Waals surface area contributed by atoms with E-state index in [1.54, 1.807) is 0 Å². The lowest BCUT2D eigenvalue weighted by molar-refractivity contribution is -0.168. The number of pyridine rings is 1. The lowest BCUT2D eigenvalue weighted by Crippen LogP contribution is -2.66. The van der Waals surface area contributed by atoms with Gasteiger partial charge in [-0.25, -0.2) is 4.98 Å². The zero-order valence-electron chi connectivity index (χ0n) is 20.4. The number of carbonyl (C=O) groups is 2. The van der Waals surface area contributed by atoms with E-state index in [9.17, 15) is 27.9 Å². The molecule has 1 aromatic heterocycles. The molecule has 6 rings (SSSR count). The third-order valence-electron chi connectivity index (χ3n) is 9.10. The molecule has 0 radical (unpaired) electrons. The Bertz CT molecular complexity index is 1040. The van der Waals surface area contributed by atoms with Gasteiger partial charge in [-0.1, -0.05) is 11.6 Å². The molecule has 36 heavy (non-hydrogen) atoms.